The number of aromatic nitrogens is 1. The molecule has 0 radical (unpaired) electrons. The molecule has 4 aromatic rings. The van der Waals surface area contributed by atoms with Gasteiger partial charge in [0.05, 0.1) is 35.6 Å². The number of rotatable bonds is 11. The standard InChI is InChI=1S/C37H40N2O6S/c1-8-42-29-14-12-11-13-27(29)34-33(36(41)44-10-3)25(7)38-37-39(34)35(40)32(46-37)20-26-15-16-30(31(19-26)43-9-2)45-21-28-23(5)17-22(4)18-24(28)6/h11-20,34H,8-10,21H2,1-7H3/b32-20-/t34-/m1/s1. The van der Waals surface area contributed by atoms with Crippen LogP contribution in [0.3, 0.4) is 0 Å². The second-order valence-electron chi connectivity index (χ2n) is 11.1. The van der Waals surface area contributed by atoms with Crippen LogP contribution < -0.4 is 29.1 Å². The second kappa shape index (κ2) is 14.2. The van der Waals surface area contributed by atoms with Crippen LogP contribution in [-0.4, -0.2) is 30.4 Å². The molecule has 0 N–H and O–H groups in total. The number of benzene rings is 3. The number of carbonyl (C=O) groups excluding carboxylic acids is 1. The molecule has 240 valence electrons. The number of hydrogen-bond acceptors (Lipinski definition) is 8. The van der Waals surface area contributed by atoms with Crippen LogP contribution >= 0.6 is 11.3 Å². The lowest BCUT2D eigenvalue weighted by atomic mass is 9.95. The van der Waals surface area contributed by atoms with Crippen molar-refractivity contribution in [1.82, 2.24) is 4.57 Å². The summed E-state index contributed by atoms with van der Waals surface area (Å²) in [6, 6.07) is 16.7. The Bertz CT molecular complexity index is 1960. The SMILES string of the molecule is CCOC(=O)C1=C(C)N=c2s/c(=C\c3ccc(OCc4c(C)cc(C)cc4C)c(OCC)c3)c(=O)n2[C@@H]1c1ccccc1OCC. The quantitative estimate of drug-likeness (QED) is 0.184. The van der Waals surface area contributed by atoms with Crippen LogP contribution in [0.4, 0.5) is 0 Å². The van der Waals surface area contributed by atoms with Gasteiger partial charge in [0, 0.05) is 5.56 Å². The van der Waals surface area contributed by atoms with E-state index in [1.54, 1.807) is 18.4 Å². The lowest BCUT2D eigenvalue weighted by molar-refractivity contribution is -0.139. The van der Waals surface area contributed by atoms with Crippen molar-refractivity contribution in [3.63, 3.8) is 0 Å². The van der Waals surface area contributed by atoms with Gasteiger partial charge in [-0.3, -0.25) is 9.36 Å². The fourth-order valence-corrected chi connectivity index (χ4v) is 6.87. The molecule has 1 aromatic heterocycles. The van der Waals surface area contributed by atoms with E-state index in [0.29, 0.717) is 63.2 Å². The molecule has 0 fully saturated rings. The zero-order valence-corrected chi connectivity index (χ0v) is 28.2. The number of fused-ring (bicyclic) bond motifs is 1. The number of allylic oxidation sites excluding steroid dienone is 1. The molecular formula is C37H40N2O6S. The van der Waals surface area contributed by atoms with E-state index in [2.05, 4.69) is 32.9 Å². The lowest BCUT2D eigenvalue weighted by Crippen LogP contribution is -2.40. The van der Waals surface area contributed by atoms with E-state index in [1.165, 1.54) is 28.0 Å². The van der Waals surface area contributed by atoms with Crippen molar-refractivity contribution in [1.29, 1.82) is 0 Å². The highest BCUT2D eigenvalue weighted by Gasteiger charge is 2.35. The highest BCUT2D eigenvalue weighted by molar-refractivity contribution is 7.07. The number of carbonyl (C=O) groups is 1. The number of thiazole rings is 1. The second-order valence-corrected chi connectivity index (χ2v) is 12.1. The first kappa shape index (κ1) is 32.8. The Morgan fingerprint density at radius 3 is 2.26 bits per heavy atom. The topological polar surface area (TPSA) is 88.4 Å². The summed E-state index contributed by atoms with van der Waals surface area (Å²) in [4.78, 5) is 32.6. The van der Waals surface area contributed by atoms with Crippen LogP contribution in [0.5, 0.6) is 17.2 Å². The van der Waals surface area contributed by atoms with Crippen LogP contribution in [-0.2, 0) is 16.1 Å². The van der Waals surface area contributed by atoms with Gasteiger partial charge in [-0.15, -0.1) is 0 Å². The summed E-state index contributed by atoms with van der Waals surface area (Å²) in [5.41, 5.74) is 6.75. The van der Waals surface area contributed by atoms with Gasteiger partial charge in [-0.25, -0.2) is 9.79 Å². The molecule has 0 saturated carbocycles. The molecule has 0 unspecified atom stereocenters. The van der Waals surface area contributed by atoms with Gasteiger partial charge in [-0.1, -0.05) is 53.3 Å². The van der Waals surface area contributed by atoms with Crippen LogP contribution in [0, 0.1) is 20.8 Å². The van der Waals surface area contributed by atoms with E-state index in [4.69, 9.17) is 23.9 Å². The van der Waals surface area contributed by atoms with Crippen molar-refractivity contribution in [2.45, 2.75) is 61.1 Å². The van der Waals surface area contributed by atoms with Crippen molar-refractivity contribution in [2.75, 3.05) is 19.8 Å². The molecule has 0 spiro atoms. The average molecular weight is 641 g/mol. The van der Waals surface area contributed by atoms with Crippen molar-refractivity contribution in [3.05, 3.63) is 119 Å². The Kier molecular flexibility index (Phi) is 10.1. The molecule has 0 amide bonds. The van der Waals surface area contributed by atoms with E-state index >= 15 is 0 Å². The number of para-hydroxylation sites is 1. The molecule has 1 atom stereocenters. The fourth-order valence-electron chi connectivity index (χ4n) is 5.82. The lowest BCUT2D eigenvalue weighted by Gasteiger charge is -2.26. The molecule has 9 heteroatoms. The summed E-state index contributed by atoms with van der Waals surface area (Å²) in [6.07, 6.45) is 1.82. The maximum Gasteiger partial charge on any atom is 0.338 e. The highest BCUT2D eigenvalue weighted by atomic mass is 32.1. The third-order valence-electron chi connectivity index (χ3n) is 7.81. The van der Waals surface area contributed by atoms with E-state index in [0.717, 1.165) is 11.1 Å². The molecule has 3 aromatic carbocycles. The van der Waals surface area contributed by atoms with Crippen molar-refractivity contribution in [3.8, 4) is 17.2 Å². The van der Waals surface area contributed by atoms with Gasteiger partial charge in [0.2, 0.25) is 0 Å². The zero-order chi connectivity index (χ0) is 33.0. The van der Waals surface area contributed by atoms with E-state index in [-0.39, 0.29) is 12.2 Å². The number of esters is 1. The summed E-state index contributed by atoms with van der Waals surface area (Å²) < 4.78 is 25.6. The molecule has 1 aliphatic heterocycles. The van der Waals surface area contributed by atoms with Crippen LogP contribution in [0.1, 0.15) is 67.1 Å². The van der Waals surface area contributed by atoms with Crippen LogP contribution in [0.15, 0.2) is 75.7 Å². The van der Waals surface area contributed by atoms with Gasteiger partial charge in [0.15, 0.2) is 16.3 Å². The first-order valence-electron chi connectivity index (χ1n) is 15.5. The minimum Gasteiger partial charge on any atom is -0.494 e. The Morgan fingerprint density at radius 2 is 1.57 bits per heavy atom. The minimum absolute atomic E-state index is 0.200. The van der Waals surface area contributed by atoms with Crippen LogP contribution in [0.25, 0.3) is 6.08 Å². The third kappa shape index (κ3) is 6.65. The number of nitrogens with zero attached hydrogens (tertiary/aromatic N) is 2. The highest BCUT2D eigenvalue weighted by Crippen LogP contribution is 2.36. The van der Waals surface area contributed by atoms with Gasteiger partial charge in [0.1, 0.15) is 18.4 Å². The van der Waals surface area contributed by atoms with Gasteiger partial charge in [-0.05, 0) is 95.0 Å². The molecule has 5 rings (SSSR count). The van der Waals surface area contributed by atoms with Gasteiger partial charge in [0.25, 0.3) is 5.56 Å². The molecule has 0 saturated heterocycles. The average Bonchev–Trinajstić information content (AvgIpc) is 3.31. The monoisotopic (exact) mass is 640 g/mol. The summed E-state index contributed by atoms with van der Waals surface area (Å²) in [5.74, 6) is 1.30. The van der Waals surface area contributed by atoms with Gasteiger partial charge < -0.3 is 18.9 Å². The summed E-state index contributed by atoms with van der Waals surface area (Å²) >= 11 is 1.27. The molecule has 0 bridgehead atoms. The first-order chi connectivity index (χ1) is 22.2. The van der Waals surface area contributed by atoms with Crippen molar-refractivity contribution in [2.24, 2.45) is 4.99 Å². The van der Waals surface area contributed by atoms with Crippen molar-refractivity contribution >= 4 is 23.4 Å². The molecule has 1 aliphatic rings. The zero-order valence-electron chi connectivity index (χ0n) is 27.4. The molecule has 2 heterocycles. The summed E-state index contributed by atoms with van der Waals surface area (Å²) in [5, 5.41) is 0. The van der Waals surface area contributed by atoms with Gasteiger partial charge >= 0.3 is 5.97 Å². The van der Waals surface area contributed by atoms with Crippen LogP contribution in [0.2, 0.25) is 0 Å². The smallest absolute Gasteiger partial charge is 0.338 e. The maximum atomic E-state index is 14.1. The largest absolute Gasteiger partial charge is 0.494 e. The summed E-state index contributed by atoms with van der Waals surface area (Å²) in [6.45, 7) is 15.1. The Labute approximate surface area is 273 Å². The number of hydrogen-bond donors (Lipinski definition) is 0. The van der Waals surface area contributed by atoms with Gasteiger partial charge in [-0.2, -0.15) is 0 Å². The Balaban J connectivity index is 1.57. The van der Waals surface area contributed by atoms with E-state index in [1.807, 2.05) is 62.4 Å². The number of aryl methyl sites for hydroxylation is 3. The molecule has 8 nitrogen and oxygen atoms in total. The normalized spacial score (nSPS) is 14.5. The number of ether oxygens (including phenoxy) is 4. The molecular weight excluding hydrogens is 600 g/mol. The van der Waals surface area contributed by atoms with E-state index < -0.39 is 12.0 Å². The first-order valence-corrected chi connectivity index (χ1v) is 16.4. The predicted molar refractivity (Wildman–Crippen MR) is 181 cm³/mol. The predicted octanol–water partition coefficient (Wildman–Crippen LogP) is 6.10. The van der Waals surface area contributed by atoms with E-state index in [9.17, 15) is 9.59 Å². The summed E-state index contributed by atoms with van der Waals surface area (Å²) in [7, 11) is 0. The maximum absolute atomic E-state index is 14.1. The minimum atomic E-state index is -0.761. The molecule has 46 heavy (non-hydrogen) atoms. The van der Waals surface area contributed by atoms with Crippen molar-refractivity contribution < 1.29 is 23.7 Å². The molecule has 0 aliphatic carbocycles. The Morgan fingerprint density at radius 1 is 0.870 bits per heavy atom. The third-order valence-corrected chi connectivity index (χ3v) is 8.79. The fraction of sp³-hybridized carbons (Fsp3) is 0.324. The Hall–Kier alpha value is -4.63.